The number of rotatable bonds is 5. The Bertz CT molecular complexity index is 1500. The Hall–Kier alpha value is -4.03. The van der Waals surface area contributed by atoms with Crippen LogP contribution in [0.25, 0.3) is 17.5 Å². The number of hydrogen-bond acceptors (Lipinski definition) is 4. The normalized spacial score (nSPS) is 11.1. The van der Waals surface area contributed by atoms with Gasteiger partial charge in [0.15, 0.2) is 10.6 Å². The topological polar surface area (TPSA) is 64.2 Å². The van der Waals surface area contributed by atoms with Crippen LogP contribution in [0.15, 0.2) is 89.7 Å². The van der Waals surface area contributed by atoms with Crippen LogP contribution >= 0.6 is 12.2 Å². The van der Waals surface area contributed by atoms with Gasteiger partial charge < -0.3 is 5.11 Å². The molecule has 5 nitrogen and oxygen atoms in total. The number of para-hydroxylation sites is 2. The highest BCUT2D eigenvalue weighted by molar-refractivity contribution is 7.71. The summed E-state index contributed by atoms with van der Waals surface area (Å²) in [5, 5.41) is 11.2. The van der Waals surface area contributed by atoms with Crippen LogP contribution < -0.4 is 5.56 Å². The largest absolute Gasteiger partial charge is 0.493 e. The van der Waals surface area contributed by atoms with E-state index in [0.29, 0.717) is 11.4 Å². The third-order valence-electron chi connectivity index (χ3n) is 5.42. The van der Waals surface area contributed by atoms with Gasteiger partial charge in [-0.2, -0.15) is 0 Å². The summed E-state index contributed by atoms with van der Waals surface area (Å²) in [5.41, 5.74) is 2.57. The molecule has 0 radical (unpaired) electrons. The number of aromatic nitrogens is 2. The average molecular weight is 455 g/mol. The fraction of sp³-hybridized carbons (Fsp3) is 0.0741. The van der Waals surface area contributed by atoms with Gasteiger partial charge in [0.05, 0.1) is 11.4 Å². The van der Waals surface area contributed by atoms with Crippen molar-refractivity contribution in [2.75, 3.05) is 0 Å². The van der Waals surface area contributed by atoms with E-state index in [-0.39, 0.29) is 10.3 Å². The predicted octanol–water partition coefficient (Wildman–Crippen LogP) is 5.58. The molecule has 33 heavy (non-hydrogen) atoms. The molecule has 0 spiro atoms. The molecule has 0 bridgehead atoms. The molecule has 1 N–H and O–H groups in total. The molecule has 4 rings (SSSR count). The minimum atomic E-state index is -0.667. The molecule has 0 aliphatic heterocycles. The van der Waals surface area contributed by atoms with Crippen molar-refractivity contribution < 1.29 is 9.90 Å². The number of nitrogens with zero attached hydrogens (tertiary/aromatic N) is 2. The van der Waals surface area contributed by atoms with Gasteiger partial charge in [-0.15, -0.1) is 0 Å². The molecule has 0 saturated heterocycles. The Kier molecular flexibility index (Phi) is 6.20. The lowest BCUT2D eigenvalue weighted by Crippen LogP contribution is -2.29. The Balaban J connectivity index is 2.03. The van der Waals surface area contributed by atoms with Crippen molar-refractivity contribution in [1.29, 1.82) is 0 Å². The Labute approximate surface area is 196 Å². The van der Waals surface area contributed by atoms with Gasteiger partial charge in [-0.1, -0.05) is 72.8 Å². The van der Waals surface area contributed by atoms with Gasteiger partial charge in [0.2, 0.25) is 5.88 Å². The van der Waals surface area contributed by atoms with Gasteiger partial charge in [0.25, 0.3) is 5.56 Å². The summed E-state index contributed by atoms with van der Waals surface area (Å²) in [5.74, 6) is -1.09. The molecule has 0 atom stereocenters. The SMILES string of the molecule is Cc1ccccc1-n1c(O)c(C(=O)/C=C/c2ccccc2)c(=O)n(-c2ccccc2C)c1=S. The lowest BCUT2D eigenvalue weighted by molar-refractivity contribution is 0.104. The van der Waals surface area contributed by atoms with E-state index in [1.807, 2.05) is 74.5 Å². The first kappa shape index (κ1) is 22.2. The van der Waals surface area contributed by atoms with Crippen LogP contribution in [-0.2, 0) is 0 Å². The van der Waals surface area contributed by atoms with Crippen LogP contribution in [0.5, 0.6) is 5.88 Å². The summed E-state index contributed by atoms with van der Waals surface area (Å²) in [7, 11) is 0. The first-order valence-electron chi connectivity index (χ1n) is 10.4. The molecular formula is C27H22N2O3S. The van der Waals surface area contributed by atoms with Gasteiger partial charge in [-0.25, -0.2) is 0 Å². The summed E-state index contributed by atoms with van der Waals surface area (Å²) in [6, 6.07) is 23.9. The van der Waals surface area contributed by atoms with Gasteiger partial charge in [0.1, 0.15) is 5.56 Å². The van der Waals surface area contributed by atoms with E-state index in [9.17, 15) is 14.7 Å². The Morgan fingerprint density at radius 1 is 0.818 bits per heavy atom. The van der Waals surface area contributed by atoms with Crippen LogP contribution in [0.4, 0.5) is 0 Å². The predicted molar refractivity (Wildman–Crippen MR) is 133 cm³/mol. The second-order valence-electron chi connectivity index (χ2n) is 7.64. The third kappa shape index (κ3) is 4.21. The Morgan fingerprint density at radius 2 is 1.33 bits per heavy atom. The number of hydrogen-bond donors (Lipinski definition) is 1. The molecule has 0 unspecified atom stereocenters. The third-order valence-corrected chi connectivity index (χ3v) is 5.79. The highest BCUT2D eigenvalue weighted by atomic mass is 32.1. The van der Waals surface area contributed by atoms with E-state index < -0.39 is 17.2 Å². The molecular weight excluding hydrogens is 432 g/mol. The summed E-state index contributed by atoms with van der Waals surface area (Å²) in [6.07, 6.45) is 2.90. The maximum atomic E-state index is 13.6. The second kappa shape index (κ2) is 9.22. The molecule has 3 aromatic carbocycles. The van der Waals surface area contributed by atoms with Crippen molar-refractivity contribution in [1.82, 2.24) is 9.13 Å². The van der Waals surface area contributed by atoms with Crippen molar-refractivity contribution in [3.63, 3.8) is 0 Å². The summed E-state index contributed by atoms with van der Waals surface area (Å²) >= 11 is 5.67. The lowest BCUT2D eigenvalue weighted by Gasteiger charge is -2.19. The number of benzene rings is 3. The van der Waals surface area contributed by atoms with Gasteiger partial charge in [-0.05, 0) is 61.0 Å². The molecule has 1 aromatic heterocycles. The minimum absolute atomic E-state index is 0.0738. The van der Waals surface area contributed by atoms with E-state index in [1.54, 1.807) is 24.3 Å². The first-order valence-corrected chi connectivity index (χ1v) is 10.8. The fourth-order valence-electron chi connectivity index (χ4n) is 3.69. The molecule has 0 aliphatic carbocycles. The van der Waals surface area contributed by atoms with E-state index >= 15 is 0 Å². The minimum Gasteiger partial charge on any atom is -0.493 e. The van der Waals surface area contributed by atoms with Gasteiger partial charge in [-0.3, -0.25) is 18.7 Å². The van der Waals surface area contributed by atoms with Crippen molar-refractivity contribution in [3.05, 3.63) is 122 Å². The van der Waals surface area contributed by atoms with Crippen LogP contribution in [0.3, 0.4) is 0 Å². The van der Waals surface area contributed by atoms with E-state index in [0.717, 1.165) is 16.7 Å². The van der Waals surface area contributed by atoms with Crippen molar-refractivity contribution in [3.8, 4) is 17.3 Å². The zero-order chi connectivity index (χ0) is 23.5. The maximum Gasteiger partial charge on any atom is 0.274 e. The number of aromatic hydroxyl groups is 1. The fourth-order valence-corrected chi connectivity index (χ4v) is 4.06. The molecule has 164 valence electrons. The van der Waals surface area contributed by atoms with Crippen LogP contribution in [0, 0.1) is 18.6 Å². The molecule has 0 aliphatic rings. The number of carbonyl (C=O) groups excluding carboxylic acids is 1. The molecule has 0 fully saturated rings. The highest BCUT2D eigenvalue weighted by Crippen LogP contribution is 2.25. The molecule has 0 saturated carbocycles. The van der Waals surface area contributed by atoms with Crippen LogP contribution in [0.1, 0.15) is 27.0 Å². The van der Waals surface area contributed by atoms with E-state index in [2.05, 4.69) is 0 Å². The van der Waals surface area contributed by atoms with Crippen LogP contribution in [0.2, 0.25) is 0 Å². The number of aryl methyl sites for hydroxylation is 2. The number of carbonyl (C=O) groups is 1. The quantitative estimate of drug-likeness (QED) is 0.243. The summed E-state index contributed by atoms with van der Waals surface area (Å²) in [4.78, 5) is 26.8. The standard InChI is InChI=1S/C27H22N2O3S/c1-18-10-6-8-14-21(18)28-25(31)24(23(30)17-16-20-12-4-3-5-13-20)26(32)29(27(28)33)22-15-9-7-11-19(22)2/h3-17,31H,1-2H3/b17-16+. The molecule has 4 aromatic rings. The summed E-state index contributed by atoms with van der Waals surface area (Å²) in [6.45, 7) is 3.73. The zero-order valence-electron chi connectivity index (χ0n) is 18.2. The first-order chi connectivity index (χ1) is 15.9. The highest BCUT2D eigenvalue weighted by Gasteiger charge is 2.24. The van der Waals surface area contributed by atoms with E-state index in [4.69, 9.17) is 12.2 Å². The second-order valence-corrected chi connectivity index (χ2v) is 8.00. The lowest BCUT2D eigenvalue weighted by atomic mass is 10.1. The van der Waals surface area contributed by atoms with Gasteiger partial charge in [0, 0.05) is 0 Å². The van der Waals surface area contributed by atoms with Crippen molar-refractivity contribution in [2.24, 2.45) is 0 Å². The van der Waals surface area contributed by atoms with Crippen molar-refractivity contribution >= 4 is 24.1 Å². The molecule has 6 heteroatoms. The maximum absolute atomic E-state index is 13.6. The zero-order valence-corrected chi connectivity index (χ0v) is 19.0. The van der Waals surface area contributed by atoms with E-state index in [1.165, 1.54) is 15.2 Å². The monoisotopic (exact) mass is 454 g/mol. The number of allylic oxidation sites excluding steroid dienone is 1. The number of ketones is 1. The smallest absolute Gasteiger partial charge is 0.274 e. The molecule has 1 heterocycles. The average Bonchev–Trinajstić information content (AvgIpc) is 2.81. The summed E-state index contributed by atoms with van der Waals surface area (Å²) < 4.78 is 2.76. The Morgan fingerprint density at radius 3 is 1.91 bits per heavy atom. The van der Waals surface area contributed by atoms with Crippen molar-refractivity contribution in [2.45, 2.75) is 13.8 Å². The van der Waals surface area contributed by atoms with Gasteiger partial charge >= 0.3 is 0 Å². The molecule has 0 amide bonds. The van der Waals surface area contributed by atoms with Crippen LogP contribution in [-0.4, -0.2) is 20.0 Å².